The van der Waals surface area contributed by atoms with Crippen molar-refractivity contribution in [1.29, 1.82) is 0 Å². The van der Waals surface area contributed by atoms with E-state index in [0.29, 0.717) is 12.8 Å². The van der Waals surface area contributed by atoms with Gasteiger partial charge in [0, 0.05) is 19.3 Å². The van der Waals surface area contributed by atoms with Crippen LogP contribution >= 0.6 is 0 Å². The zero-order valence-electron chi connectivity index (χ0n) is 42.1. The topological polar surface area (TPSA) is 102 Å². The third kappa shape index (κ3) is 45.2. The first-order valence-electron chi connectivity index (χ1n) is 25.8. The average molecular weight is 906 g/mol. The predicted octanol–water partition coefficient (Wildman–Crippen LogP) is 13.7. The Morgan fingerprint density at radius 3 is 1.20 bits per heavy atom. The van der Waals surface area contributed by atoms with Gasteiger partial charge in [-0.2, -0.15) is 0 Å². The van der Waals surface area contributed by atoms with Crippen molar-refractivity contribution in [3.05, 3.63) is 97.2 Å². The monoisotopic (exact) mass is 906 g/mol. The van der Waals surface area contributed by atoms with Gasteiger partial charge in [-0.05, 0) is 89.9 Å². The van der Waals surface area contributed by atoms with Crippen molar-refractivity contribution in [2.75, 3.05) is 41.0 Å². The van der Waals surface area contributed by atoms with E-state index in [2.05, 4.69) is 111 Å². The molecular weight excluding hydrogens is 811 g/mol. The molecule has 0 saturated carbocycles. The Kier molecular flexibility index (Phi) is 44.1. The van der Waals surface area contributed by atoms with E-state index in [0.717, 1.165) is 103 Å². The molecule has 0 radical (unpaired) electrons. The number of hydrogen-bond acceptors (Lipinski definition) is 7. The number of likely N-dealkylation sites (N-methyl/N-ethyl adjacent to an activating group) is 1. The van der Waals surface area contributed by atoms with Crippen LogP contribution in [0.2, 0.25) is 0 Å². The largest absolute Gasteiger partial charge is 0.544 e. The van der Waals surface area contributed by atoms with Gasteiger partial charge in [-0.25, -0.2) is 0 Å². The number of carboxylic acids is 1. The number of carbonyl (C=O) groups is 3. The maximum atomic E-state index is 12.8. The molecule has 0 aromatic rings. The molecule has 370 valence electrons. The van der Waals surface area contributed by atoms with Gasteiger partial charge in [0.25, 0.3) is 0 Å². The normalized spacial score (nSPS) is 13.7. The molecule has 0 aromatic carbocycles. The van der Waals surface area contributed by atoms with Crippen LogP contribution in [-0.2, 0) is 28.6 Å². The van der Waals surface area contributed by atoms with Crippen LogP contribution in [0.15, 0.2) is 97.2 Å². The van der Waals surface area contributed by atoms with Gasteiger partial charge >= 0.3 is 11.9 Å². The van der Waals surface area contributed by atoms with Gasteiger partial charge in [0.2, 0.25) is 0 Å². The van der Waals surface area contributed by atoms with Crippen LogP contribution in [0, 0.1) is 0 Å². The molecule has 0 heterocycles. The van der Waals surface area contributed by atoms with Crippen molar-refractivity contribution in [3.63, 3.8) is 0 Å². The SMILES string of the molecule is CC/C=C/C/C=C/C/C=C/C/C=C/C/C=C/CCCCCCC(=O)OCC(COCCC(C(=O)[O-])[N+](C)(C)C)OC(=O)CCCCCCCCCCCCC/C=C/C/C=C/C/C=C/CC. The molecule has 8 nitrogen and oxygen atoms in total. The Morgan fingerprint density at radius 2 is 0.815 bits per heavy atom. The number of carbonyl (C=O) groups excluding carboxylic acids is 3. The molecule has 0 rings (SSSR count). The minimum absolute atomic E-state index is 0.0260. The standard InChI is InChI=1S/C57H95NO7/c1-6-8-10-12-14-16-18-20-22-24-26-28-30-32-34-36-38-40-42-44-46-48-56(60)65-53(51-63-50-49-54(57(61)62)58(3,4)5)52-64-55(59)47-45-43-41-39-37-35-33-31-29-27-25-23-21-19-17-15-13-11-9-7-2/h8-11,14-17,20-23,27,29,33,35,53-54H,6-7,12-13,18-19,24-26,28,30-32,34,36-52H2,1-5H3/b10-8+,11-9+,16-14+,17-15+,22-20+,23-21+,29-27+,35-33+. The molecule has 2 atom stereocenters. The molecule has 2 unspecified atom stereocenters. The second-order valence-corrected chi connectivity index (χ2v) is 18.0. The summed E-state index contributed by atoms with van der Waals surface area (Å²) in [5.74, 6) is -1.78. The summed E-state index contributed by atoms with van der Waals surface area (Å²) in [5, 5.41) is 11.7. The quantitative estimate of drug-likeness (QED) is 0.0259. The van der Waals surface area contributed by atoms with Gasteiger partial charge in [0.1, 0.15) is 12.6 Å². The van der Waals surface area contributed by atoms with E-state index in [1.54, 1.807) is 21.1 Å². The number of quaternary nitrogens is 1. The van der Waals surface area contributed by atoms with Crippen LogP contribution in [0.3, 0.4) is 0 Å². The van der Waals surface area contributed by atoms with Gasteiger partial charge in [-0.1, -0.05) is 182 Å². The number of esters is 2. The summed E-state index contributed by atoms with van der Waals surface area (Å²) < 4.78 is 17.2. The highest BCUT2D eigenvalue weighted by molar-refractivity contribution is 5.70. The number of hydrogen-bond donors (Lipinski definition) is 0. The maximum Gasteiger partial charge on any atom is 0.306 e. The van der Waals surface area contributed by atoms with Crippen LogP contribution in [0.1, 0.15) is 194 Å². The van der Waals surface area contributed by atoms with Crippen LogP contribution < -0.4 is 5.11 Å². The molecule has 8 heteroatoms. The molecule has 65 heavy (non-hydrogen) atoms. The molecule has 0 saturated heterocycles. The lowest BCUT2D eigenvalue weighted by Gasteiger charge is -2.34. The van der Waals surface area contributed by atoms with Crippen LogP contribution in [0.5, 0.6) is 0 Å². The highest BCUT2D eigenvalue weighted by Gasteiger charge is 2.25. The Balaban J connectivity index is 4.31. The predicted molar refractivity (Wildman–Crippen MR) is 272 cm³/mol. The Labute approximate surface area is 398 Å². The third-order valence-electron chi connectivity index (χ3n) is 11.0. The Morgan fingerprint density at radius 1 is 0.462 bits per heavy atom. The van der Waals surface area contributed by atoms with Crippen molar-refractivity contribution < 1.29 is 38.2 Å². The fourth-order valence-corrected chi connectivity index (χ4v) is 7.05. The zero-order valence-corrected chi connectivity index (χ0v) is 42.1. The number of ether oxygens (including phenoxy) is 3. The number of carboxylic acid groups (broad SMARTS) is 1. The molecule has 0 spiro atoms. The van der Waals surface area contributed by atoms with Crippen molar-refractivity contribution in [2.45, 2.75) is 206 Å². The first kappa shape index (κ1) is 61.2. The second kappa shape index (κ2) is 46.8. The fraction of sp³-hybridized carbons (Fsp3) is 0.667. The van der Waals surface area contributed by atoms with E-state index in [1.165, 1.54) is 57.8 Å². The minimum Gasteiger partial charge on any atom is -0.544 e. The smallest absolute Gasteiger partial charge is 0.306 e. The van der Waals surface area contributed by atoms with E-state index in [4.69, 9.17) is 14.2 Å². The maximum absolute atomic E-state index is 12.8. The van der Waals surface area contributed by atoms with Gasteiger partial charge in [-0.15, -0.1) is 0 Å². The van der Waals surface area contributed by atoms with Crippen molar-refractivity contribution in [1.82, 2.24) is 0 Å². The summed E-state index contributed by atoms with van der Waals surface area (Å²) in [7, 11) is 5.40. The summed E-state index contributed by atoms with van der Waals surface area (Å²) in [6.07, 6.45) is 62.9. The third-order valence-corrected chi connectivity index (χ3v) is 11.0. The van der Waals surface area contributed by atoms with Gasteiger partial charge in [0.05, 0.1) is 40.3 Å². The number of nitrogens with zero attached hydrogens (tertiary/aromatic N) is 1. The van der Waals surface area contributed by atoms with Crippen LogP contribution in [-0.4, -0.2) is 75.5 Å². The highest BCUT2D eigenvalue weighted by atomic mass is 16.6. The van der Waals surface area contributed by atoms with E-state index in [-0.39, 0.29) is 42.7 Å². The Bertz CT molecular complexity index is 1380. The molecule has 0 aliphatic rings. The molecule has 0 aromatic heterocycles. The molecule has 0 aliphatic carbocycles. The number of unbranched alkanes of at least 4 members (excludes halogenated alkanes) is 15. The Hall–Kier alpha value is -3.75. The molecule has 0 fully saturated rings. The van der Waals surface area contributed by atoms with Crippen molar-refractivity contribution in [3.8, 4) is 0 Å². The van der Waals surface area contributed by atoms with E-state index < -0.39 is 18.1 Å². The number of rotatable bonds is 45. The summed E-state index contributed by atoms with van der Waals surface area (Å²) in [4.78, 5) is 37.1. The van der Waals surface area contributed by atoms with Crippen molar-refractivity contribution in [2.24, 2.45) is 0 Å². The van der Waals surface area contributed by atoms with Gasteiger partial charge < -0.3 is 28.6 Å². The molecule has 0 bridgehead atoms. The average Bonchev–Trinajstić information content (AvgIpc) is 3.27. The lowest BCUT2D eigenvalue weighted by atomic mass is 10.0. The van der Waals surface area contributed by atoms with Crippen LogP contribution in [0.25, 0.3) is 0 Å². The summed E-state index contributed by atoms with van der Waals surface area (Å²) >= 11 is 0. The summed E-state index contributed by atoms with van der Waals surface area (Å²) in [6.45, 7) is 4.41. The molecule has 0 N–H and O–H groups in total. The second-order valence-electron chi connectivity index (χ2n) is 18.0. The molecule has 0 amide bonds. The van der Waals surface area contributed by atoms with E-state index in [9.17, 15) is 19.5 Å². The summed E-state index contributed by atoms with van der Waals surface area (Å²) in [5.41, 5.74) is 0. The van der Waals surface area contributed by atoms with Crippen LogP contribution in [0.4, 0.5) is 0 Å². The van der Waals surface area contributed by atoms with E-state index in [1.807, 2.05) is 0 Å². The highest BCUT2D eigenvalue weighted by Crippen LogP contribution is 2.14. The molecule has 0 aliphatic heterocycles. The van der Waals surface area contributed by atoms with Gasteiger partial charge in [0.15, 0.2) is 6.10 Å². The number of aliphatic carboxylic acids is 1. The summed E-state index contributed by atoms with van der Waals surface area (Å²) in [6, 6.07) is -0.736. The molecular formula is C57H95NO7. The van der Waals surface area contributed by atoms with Crippen molar-refractivity contribution >= 4 is 17.9 Å². The van der Waals surface area contributed by atoms with Gasteiger partial charge in [-0.3, -0.25) is 9.59 Å². The first-order valence-corrected chi connectivity index (χ1v) is 25.8. The van der Waals surface area contributed by atoms with E-state index >= 15 is 0 Å². The lowest BCUT2D eigenvalue weighted by Crippen LogP contribution is -2.55. The fourth-order valence-electron chi connectivity index (χ4n) is 7.05. The minimum atomic E-state index is -1.13. The lowest BCUT2D eigenvalue weighted by molar-refractivity contribution is -0.889. The number of allylic oxidation sites excluding steroid dienone is 16. The zero-order chi connectivity index (χ0) is 47.7. The first-order chi connectivity index (χ1) is 31.6.